The van der Waals surface area contributed by atoms with Gasteiger partial charge in [0.05, 0.1) is 19.3 Å². The van der Waals surface area contributed by atoms with Crippen molar-refractivity contribution >= 4 is 28.2 Å². The number of nitrogens with one attached hydrogen (secondary N) is 1. The molecule has 0 spiro atoms. The van der Waals surface area contributed by atoms with Gasteiger partial charge in [0.1, 0.15) is 16.5 Å². The fourth-order valence-corrected chi connectivity index (χ4v) is 4.69. The number of thiophene rings is 1. The summed E-state index contributed by atoms with van der Waals surface area (Å²) in [6, 6.07) is 7.10. The Balaban J connectivity index is 1.78. The SMILES string of the molecule is CCOC(=O)c1c(NC(=O)[C@H](CC)Oc2ccc(OC)cc2)sc2c1CCCC2. The van der Waals surface area contributed by atoms with Gasteiger partial charge in [-0.3, -0.25) is 4.79 Å². The van der Waals surface area contributed by atoms with Crippen molar-refractivity contribution in [2.45, 2.75) is 52.1 Å². The van der Waals surface area contributed by atoms with Crippen LogP contribution < -0.4 is 14.8 Å². The van der Waals surface area contributed by atoms with Gasteiger partial charge in [-0.05, 0) is 68.9 Å². The van der Waals surface area contributed by atoms with Crippen molar-refractivity contribution in [3.8, 4) is 11.5 Å². The molecule has 1 aliphatic carbocycles. The number of methoxy groups -OCH3 is 1. The van der Waals surface area contributed by atoms with Crippen molar-refractivity contribution < 1.29 is 23.8 Å². The van der Waals surface area contributed by atoms with E-state index in [9.17, 15) is 9.59 Å². The zero-order chi connectivity index (χ0) is 20.8. The molecule has 6 nitrogen and oxygen atoms in total. The predicted octanol–water partition coefficient (Wildman–Crippen LogP) is 4.61. The first-order valence-corrected chi connectivity index (χ1v) is 10.8. The summed E-state index contributed by atoms with van der Waals surface area (Å²) in [5.41, 5.74) is 1.54. The molecule has 0 aliphatic heterocycles. The number of esters is 1. The van der Waals surface area contributed by atoms with Gasteiger partial charge in [-0.2, -0.15) is 0 Å². The molecule has 29 heavy (non-hydrogen) atoms. The van der Waals surface area contributed by atoms with Crippen molar-refractivity contribution in [1.29, 1.82) is 0 Å². The number of hydrogen-bond donors (Lipinski definition) is 1. The van der Waals surface area contributed by atoms with Crippen LogP contribution in [0.4, 0.5) is 5.00 Å². The number of aryl methyl sites for hydroxylation is 1. The Morgan fingerprint density at radius 1 is 1.10 bits per heavy atom. The van der Waals surface area contributed by atoms with E-state index in [1.807, 2.05) is 6.92 Å². The van der Waals surface area contributed by atoms with Gasteiger partial charge < -0.3 is 19.5 Å². The Hall–Kier alpha value is -2.54. The zero-order valence-corrected chi connectivity index (χ0v) is 17.9. The van der Waals surface area contributed by atoms with Crippen LogP contribution in [0.2, 0.25) is 0 Å². The average Bonchev–Trinajstić information content (AvgIpc) is 3.10. The zero-order valence-electron chi connectivity index (χ0n) is 17.1. The summed E-state index contributed by atoms with van der Waals surface area (Å²) in [6.45, 7) is 3.97. The van der Waals surface area contributed by atoms with E-state index < -0.39 is 6.10 Å². The van der Waals surface area contributed by atoms with Gasteiger partial charge in [-0.1, -0.05) is 6.92 Å². The van der Waals surface area contributed by atoms with Crippen LogP contribution in [0.3, 0.4) is 0 Å². The second-order valence-corrected chi connectivity index (χ2v) is 7.92. The number of rotatable bonds is 8. The number of carbonyl (C=O) groups excluding carboxylic acids is 2. The highest BCUT2D eigenvalue weighted by molar-refractivity contribution is 7.17. The summed E-state index contributed by atoms with van der Waals surface area (Å²) in [6.07, 6.45) is 3.75. The van der Waals surface area contributed by atoms with Crippen LogP contribution in [-0.4, -0.2) is 31.7 Å². The lowest BCUT2D eigenvalue weighted by atomic mass is 9.95. The molecule has 0 radical (unpaired) electrons. The third kappa shape index (κ3) is 4.90. The van der Waals surface area contributed by atoms with Crippen molar-refractivity contribution in [2.24, 2.45) is 0 Å². The monoisotopic (exact) mass is 417 g/mol. The fraction of sp³-hybridized carbons (Fsp3) is 0.455. The van der Waals surface area contributed by atoms with E-state index in [-0.39, 0.29) is 11.9 Å². The van der Waals surface area contributed by atoms with Crippen molar-refractivity contribution in [2.75, 3.05) is 19.0 Å². The summed E-state index contributed by atoms with van der Waals surface area (Å²) in [7, 11) is 1.60. The maximum absolute atomic E-state index is 12.9. The number of fused-ring (bicyclic) bond motifs is 1. The van der Waals surface area contributed by atoms with Crippen LogP contribution in [-0.2, 0) is 22.4 Å². The first-order chi connectivity index (χ1) is 14.1. The molecule has 0 bridgehead atoms. The third-order valence-corrected chi connectivity index (χ3v) is 6.10. The molecule has 0 saturated heterocycles. The van der Waals surface area contributed by atoms with Gasteiger partial charge in [0.2, 0.25) is 0 Å². The van der Waals surface area contributed by atoms with E-state index >= 15 is 0 Å². The number of anilines is 1. The second kappa shape index (κ2) is 9.78. The lowest BCUT2D eigenvalue weighted by molar-refractivity contribution is -0.122. The van der Waals surface area contributed by atoms with Crippen LogP contribution >= 0.6 is 11.3 Å². The maximum Gasteiger partial charge on any atom is 0.341 e. The van der Waals surface area contributed by atoms with Crippen LogP contribution in [0.5, 0.6) is 11.5 Å². The average molecular weight is 418 g/mol. The maximum atomic E-state index is 12.9. The molecule has 1 aliphatic rings. The summed E-state index contributed by atoms with van der Waals surface area (Å²) in [5, 5.41) is 3.50. The Morgan fingerprint density at radius 2 is 1.79 bits per heavy atom. The highest BCUT2D eigenvalue weighted by Crippen LogP contribution is 2.38. The Morgan fingerprint density at radius 3 is 2.45 bits per heavy atom. The highest BCUT2D eigenvalue weighted by Gasteiger charge is 2.29. The highest BCUT2D eigenvalue weighted by atomic mass is 32.1. The Bertz CT molecular complexity index is 859. The molecule has 0 unspecified atom stereocenters. The molecule has 1 atom stereocenters. The van der Waals surface area contributed by atoms with E-state index in [0.717, 1.165) is 37.0 Å². The standard InChI is InChI=1S/C22H27NO5S/c1-4-17(28-15-12-10-14(26-3)11-13-15)20(24)23-21-19(22(25)27-5-2)16-8-6-7-9-18(16)29-21/h10-13,17H,4-9H2,1-3H3,(H,23,24)/t17-/m0/s1. The molecular weight excluding hydrogens is 390 g/mol. The van der Waals surface area contributed by atoms with Gasteiger partial charge in [0.15, 0.2) is 6.10 Å². The summed E-state index contributed by atoms with van der Waals surface area (Å²) >= 11 is 1.48. The minimum atomic E-state index is -0.669. The van der Waals surface area contributed by atoms with E-state index in [4.69, 9.17) is 14.2 Å². The summed E-state index contributed by atoms with van der Waals surface area (Å²) < 4.78 is 16.3. The summed E-state index contributed by atoms with van der Waals surface area (Å²) in [4.78, 5) is 26.6. The quantitative estimate of drug-likeness (QED) is 0.635. The first-order valence-electron chi connectivity index (χ1n) is 10.0. The third-order valence-electron chi connectivity index (χ3n) is 4.89. The molecular formula is C22H27NO5S. The lowest BCUT2D eigenvalue weighted by Crippen LogP contribution is -2.32. The summed E-state index contributed by atoms with van der Waals surface area (Å²) in [5.74, 6) is 0.667. The number of amides is 1. The number of benzene rings is 1. The minimum absolute atomic E-state index is 0.271. The molecule has 1 aromatic carbocycles. The molecule has 1 N–H and O–H groups in total. The van der Waals surface area contributed by atoms with Crippen LogP contribution in [0, 0.1) is 0 Å². The minimum Gasteiger partial charge on any atom is -0.497 e. The number of ether oxygens (including phenoxy) is 3. The van der Waals surface area contributed by atoms with E-state index in [0.29, 0.717) is 29.3 Å². The topological polar surface area (TPSA) is 73.9 Å². The van der Waals surface area contributed by atoms with Crippen molar-refractivity contribution in [1.82, 2.24) is 0 Å². The van der Waals surface area contributed by atoms with Crippen LogP contribution in [0.15, 0.2) is 24.3 Å². The Kier molecular flexibility index (Phi) is 7.14. The number of hydrogen-bond acceptors (Lipinski definition) is 6. The van der Waals surface area contributed by atoms with E-state index in [1.165, 1.54) is 16.2 Å². The number of carbonyl (C=O) groups is 2. The molecule has 0 saturated carbocycles. The molecule has 7 heteroatoms. The lowest BCUT2D eigenvalue weighted by Gasteiger charge is -2.17. The molecule has 1 amide bonds. The van der Waals surface area contributed by atoms with Gasteiger partial charge in [0.25, 0.3) is 5.91 Å². The second-order valence-electron chi connectivity index (χ2n) is 6.82. The molecule has 1 aromatic heterocycles. The van der Waals surface area contributed by atoms with Gasteiger partial charge in [-0.25, -0.2) is 4.79 Å². The van der Waals surface area contributed by atoms with Gasteiger partial charge in [0, 0.05) is 4.88 Å². The Labute approximate surface area is 175 Å². The molecule has 3 rings (SSSR count). The smallest absolute Gasteiger partial charge is 0.341 e. The molecule has 1 heterocycles. The normalized spacial score (nSPS) is 13.9. The predicted molar refractivity (Wildman–Crippen MR) is 113 cm³/mol. The van der Waals surface area contributed by atoms with Gasteiger partial charge in [-0.15, -0.1) is 11.3 Å². The molecule has 156 valence electrons. The van der Waals surface area contributed by atoms with E-state index in [2.05, 4.69) is 5.32 Å². The van der Waals surface area contributed by atoms with Gasteiger partial charge >= 0.3 is 5.97 Å². The fourth-order valence-electron chi connectivity index (χ4n) is 3.41. The molecule has 0 fully saturated rings. The van der Waals surface area contributed by atoms with Crippen LogP contribution in [0.25, 0.3) is 0 Å². The first kappa shape index (κ1) is 21.2. The van der Waals surface area contributed by atoms with Crippen molar-refractivity contribution in [3.63, 3.8) is 0 Å². The van der Waals surface area contributed by atoms with Crippen molar-refractivity contribution in [3.05, 3.63) is 40.3 Å². The van der Waals surface area contributed by atoms with Crippen LogP contribution in [0.1, 0.15) is 53.9 Å². The van der Waals surface area contributed by atoms with E-state index in [1.54, 1.807) is 38.3 Å². The molecule has 2 aromatic rings. The largest absolute Gasteiger partial charge is 0.497 e.